The molecule has 6 rings (SSSR count). The van der Waals surface area contributed by atoms with Crippen LogP contribution in [0.3, 0.4) is 0 Å². The first kappa shape index (κ1) is 27.2. The van der Waals surface area contributed by atoms with Crippen LogP contribution in [0.2, 0.25) is 0 Å². The first-order chi connectivity index (χ1) is 19.1. The summed E-state index contributed by atoms with van der Waals surface area (Å²) in [6.07, 6.45) is -4.61. The molecule has 0 aliphatic carbocycles. The molecular formula is C29H35N3O8. The molecule has 4 heterocycles. The second-order valence-corrected chi connectivity index (χ2v) is 11.2. The quantitative estimate of drug-likeness (QED) is 0.314. The van der Waals surface area contributed by atoms with Gasteiger partial charge in [-0.2, -0.15) is 0 Å². The molecule has 11 nitrogen and oxygen atoms in total. The van der Waals surface area contributed by atoms with Crippen LogP contribution in [-0.2, 0) is 4.74 Å². The maximum atomic E-state index is 11.7. The number of ketones is 1. The number of Topliss-reactive ketones (excluding diaryl/α,β-unsaturated/α-hetero) is 1. The lowest BCUT2D eigenvalue weighted by atomic mass is 9.82. The van der Waals surface area contributed by atoms with E-state index in [1.54, 1.807) is 19.1 Å². The van der Waals surface area contributed by atoms with Gasteiger partial charge < -0.3 is 39.5 Å². The molecule has 0 amide bonds. The second-order valence-electron chi connectivity index (χ2n) is 11.2. The number of aliphatic hydroxyl groups excluding tert-OH is 4. The highest BCUT2D eigenvalue weighted by Crippen LogP contribution is 2.50. The smallest absolute Gasteiger partial charge is 0.229 e. The molecule has 0 spiro atoms. The summed E-state index contributed by atoms with van der Waals surface area (Å²) in [5, 5.41) is 44.7. The molecule has 0 radical (unpaired) electrons. The van der Waals surface area contributed by atoms with Crippen LogP contribution in [0.25, 0.3) is 0 Å². The third-order valence-electron chi connectivity index (χ3n) is 8.21. The first-order valence-corrected chi connectivity index (χ1v) is 13.5. The fourth-order valence-electron chi connectivity index (χ4n) is 5.98. The molecule has 2 aromatic carbocycles. The summed E-state index contributed by atoms with van der Waals surface area (Å²) < 4.78 is 17.8. The molecule has 6 atom stereocenters. The van der Waals surface area contributed by atoms with E-state index in [2.05, 4.69) is 21.0 Å². The number of nitrogens with zero attached hydrogens (tertiary/aromatic N) is 3. The third kappa shape index (κ3) is 4.57. The Bertz CT molecular complexity index is 1310. The number of ether oxygens (including phenoxy) is 3. The van der Waals surface area contributed by atoms with Crippen molar-refractivity contribution in [2.75, 3.05) is 31.4 Å². The fraction of sp³-hybridized carbons (Fsp3) is 0.483. The number of carbonyl (C=O) groups excluding carboxylic acids is 1. The molecule has 0 bridgehead atoms. The summed E-state index contributed by atoms with van der Waals surface area (Å²) in [4.78, 5) is 14.0. The third-order valence-corrected chi connectivity index (χ3v) is 8.21. The summed E-state index contributed by atoms with van der Waals surface area (Å²) in [7, 11) is 0. The molecule has 11 heteroatoms. The van der Waals surface area contributed by atoms with Crippen molar-refractivity contribution in [2.45, 2.75) is 63.1 Å². The summed E-state index contributed by atoms with van der Waals surface area (Å²) in [5.74, 6) is 1.02. The zero-order valence-electron chi connectivity index (χ0n) is 22.7. The monoisotopic (exact) mass is 553 g/mol. The largest absolute Gasteiger partial charge is 0.483 e. The fourth-order valence-corrected chi connectivity index (χ4v) is 5.98. The summed E-state index contributed by atoms with van der Waals surface area (Å²) in [6, 6.07) is 13.0. The van der Waals surface area contributed by atoms with Gasteiger partial charge in [0.25, 0.3) is 0 Å². The van der Waals surface area contributed by atoms with Gasteiger partial charge in [0.15, 0.2) is 5.78 Å². The number of rotatable bonds is 5. The minimum absolute atomic E-state index is 0.0407. The lowest BCUT2D eigenvalue weighted by molar-refractivity contribution is -0.277. The summed E-state index contributed by atoms with van der Waals surface area (Å²) in [5.41, 5.74) is 3.25. The van der Waals surface area contributed by atoms with Crippen LogP contribution in [0.1, 0.15) is 42.7 Å². The Morgan fingerprint density at radius 1 is 1.05 bits per heavy atom. The first-order valence-electron chi connectivity index (χ1n) is 13.5. The van der Waals surface area contributed by atoms with Crippen LogP contribution in [0.5, 0.6) is 11.5 Å². The molecular weight excluding hydrogens is 518 g/mol. The Morgan fingerprint density at radius 3 is 2.50 bits per heavy atom. The Hall–Kier alpha value is -3.03. The van der Waals surface area contributed by atoms with Gasteiger partial charge in [-0.1, -0.05) is 6.08 Å². The van der Waals surface area contributed by atoms with E-state index < -0.39 is 42.9 Å². The molecule has 1 unspecified atom stereocenters. The minimum Gasteiger partial charge on any atom is -0.483 e. The van der Waals surface area contributed by atoms with Gasteiger partial charge in [-0.15, -0.1) is 0 Å². The maximum absolute atomic E-state index is 11.7. The SMILES string of the molecule is CC(=O)c1ccc(N2CN3CC=C4C(c5ccc(O[C@@H]6O[C@H](CO)[C@@H](O)[C@H](O)[C@H]6O)cc5OC4(C)C)N3C2)cc1. The average molecular weight is 554 g/mol. The molecule has 0 saturated carbocycles. The standard InChI is InChI=1S/C29H35N3O8/c1-16(34)17-4-6-18(7-5-17)30-14-31-11-10-21-24(32(31)15-30)20-9-8-19(12-22(20)40-29(21,2)3)38-28-27(37)26(36)25(35)23(13-33)39-28/h4-10,12,23-28,33,35-37H,11,13-15H2,1-3H3/t23-,24?,25-,26+,27-,28-/m1/s1. The highest BCUT2D eigenvalue weighted by atomic mass is 16.7. The van der Waals surface area contributed by atoms with Gasteiger partial charge in [0, 0.05) is 29.4 Å². The number of hydrazine groups is 1. The highest BCUT2D eigenvalue weighted by molar-refractivity contribution is 5.94. The van der Waals surface area contributed by atoms with Gasteiger partial charge in [-0.25, -0.2) is 10.0 Å². The zero-order valence-corrected chi connectivity index (χ0v) is 22.7. The molecule has 2 aromatic rings. The summed E-state index contributed by atoms with van der Waals surface area (Å²) >= 11 is 0. The van der Waals surface area contributed by atoms with Crippen molar-refractivity contribution in [3.63, 3.8) is 0 Å². The van der Waals surface area contributed by atoms with Crippen molar-refractivity contribution >= 4 is 11.5 Å². The topological polar surface area (TPSA) is 135 Å². The highest BCUT2D eigenvalue weighted by Gasteiger charge is 2.48. The minimum atomic E-state index is -1.53. The van der Waals surface area contributed by atoms with Crippen molar-refractivity contribution in [3.8, 4) is 11.5 Å². The molecule has 4 aliphatic rings. The second kappa shape index (κ2) is 10.1. The lowest BCUT2D eigenvalue weighted by Gasteiger charge is -2.48. The van der Waals surface area contributed by atoms with E-state index in [0.717, 1.165) is 23.4 Å². The maximum Gasteiger partial charge on any atom is 0.229 e. The van der Waals surface area contributed by atoms with E-state index in [4.69, 9.17) is 14.2 Å². The molecule has 40 heavy (non-hydrogen) atoms. The van der Waals surface area contributed by atoms with Crippen LogP contribution < -0.4 is 14.4 Å². The molecule has 4 N–H and O–H groups in total. The Kier molecular flexibility index (Phi) is 6.86. The number of carbonyl (C=O) groups is 1. The van der Waals surface area contributed by atoms with Gasteiger partial charge in [0.05, 0.1) is 26.0 Å². The molecule has 214 valence electrons. The van der Waals surface area contributed by atoms with Crippen molar-refractivity contribution in [1.29, 1.82) is 0 Å². The molecule has 4 aliphatic heterocycles. The van der Waals surface area contributed by atoms with Gasteiger partial charge in [-0.05, 0) is 62.7 Å². The van der Waals surface area contributed by atoms with E-state index in [0.29, 0.717) is 30.4 Å². The Balaban J connectivity index is 1.26. The molecule has 0 aromatic heterocycles. The number of hydrogen-bond acceptors (Lipinski definition) is 11. The molecule has 2 saturated heterocycles. The Morgan fingerprint density at radius 2 is 1.80 bits per heavy atom. The van der Waals surface area contributed by atoms with Crippen molar-refractivity contribution < 1.29 is 39.4 Å². The van der Waals surface area contributed by atoms with E-state index in [1.165, 1.54) is 0 Å². The van der Waals surface area contributed by atoms with E-state index in [-0.39, 0.29) is 11.8 Å². The number of fused-ring (bicyclic) bond motifs is 5. The summed E-state index contributed by atoms with van der Waals surface area (Å²) in [6.45, 7) is 7.19. The number of aliphatic hydroxyl groups is 4. The van der Waals surface area contributed by atoms with Crippen LogP contribution in [0.4, 0.5) is 5.69 Å². The van der Waals surface area contributed by atoms with Gasteiger partial charge in [0.2, 0.25) is 6.29 Å². The van der Waals surface area contributed by atoms with Gasteiger partial charge >= 0.3 is 0 Å². The lowest BCUT2D eigenvalue weighted by Crippen LogP contribution is -2.60. The van der Waals surface area contributed by atoms with Gasteiger partial charge in [0.1, 0.15) is 41.5 Å². The Labute approximate surface area is 232 Å². The van der Waals surface area contributed by atoms with Crippen LogP contribution in [-0.4, -0.2) is 99.0 Å². The van der Waals surface area contributed by atoms with Crippen molar-refractivity contribution in [3.05, 3.63) is 65.2 Å². The van der Waals surface area contributed by atoms with Crippen LogP contribution in [0.15, 0.2) is 54.1 Å². The predicted octanol–water partition coefficient (Wildman–Crippen LogP) is 1.17. The van der Waals surface area contributed by atoms with Gasteiger partial charge in [-0.3, -0.25) is 4.79 Å². The van der Waals surface area contributed by atoms with E-state index in [1.807, 2.05) is 44.2 Å². The van der Waals surface area contributed by atoms with Crippen LogP contribution >= 0.6 is 0 Å². The average Bonchev–Trinajstić information content (AvgIpc) is 3.37. The number of anilines is 1. The normalized spacial score (nSPS) is 31.5. The zero-order chi connectivity index (χ0) is 28.3. The number of benzene rings is 2. The van der Waals surface area contributed by atoms with E-state index >= 15 is 0 Å². The van der Waals surface area contributed by atoms with Crippen molar-refractivity contribution in [1.82, 2.24) is 10.0 Å². The number of hydrogen-bond donors (Lipinski definition) is 4. The van der Waals surface area contributed by atoms with Crippen molar-refractivity contribution in [2.24, 2.45) is 0 Å². The molecule has 2 fully saturated rings. The van der Waals surface area contributed by atoms with E-state index in [9.17, 15) is 25.2 Å². The predicted molar refractivity (Wildman–Crippen MR) is 144 cm³/mol. The van der Waals surface area contributed by atoms with Crippen LogP contribution in [0, 0.1) is 0 Å².